The van der Waals surface area contributed by atoms with Gasteiger partial charge in [-0.15, -0.1) is 0 Å². The number of benzene rings is 1. The molecule has 144 valence electrons. The molecule has 6 heteroatoms. The molecule has 29 heavy (non-hydrogen) atoms. The van der Waals surface area contributed by atoms with E-state index in [1.165, 1.54) is 5.56 Å². The molecule has 6 rings (SSSR count). The first kappa shape index (κ1) is 16.5. The summed E-state index contributed by atoms with van der Waals surface area (Å²) in [5.74, 6) is -0.234. The van der Waals surface area contributed by atoms with Crippen LogP contribution >= 0.6 is 0 Å². The number of aryl methyl sites for hydroxylation is 2. The molecular formula is C23H20N4O2. The first-order valence-electron chi connectivity index (χ1n) is 10.1. The van der Waals surface area contributed by atoms with Crippen LogP contribution in [-0.2, 0) is 24.3 Å². The highest BCUT2D eigenvalue weighted by Gasteiger charge is 2.31. The second kappa shape index (κ2) is 6.04. The molecule has 1 unspecified atom stereocenters. The Morgan fingerprint density at radius 1 is 1.10 bits per heavy atom. The Balaban J connectivity index is 1.69. The summed E-state index contributed by atoms with van der Waals surface area (Å²) in [5, 5.41) is 4.04. The second-order valence-electron chi connectivity index (χ2n) is 7.91. The molecule has 4 aromatic rings. The molecule has 2 aliphatic heterocycles. The maximum Gasteiger partial charge on any atom is 0.251 e. The third kappa shape index (κ3) is 2.38. The van der Waals surface area contributed by atoms with Gasteiger partial charge in [-0.2, -0.15) is 0 Å². The number of hydrogen-bond acceptors (Lipinski definition) is 3. The number of pyridine rings is 2. The lowest BCUT2D eigenvalue weighted by atomic mass is 9.87. The monoisotopic (exact) mass is 384 g/mol. The molecule has 0 aliphatic carbocycles. The number of amides is 1. The van der Waals surface area contributed by atoms with Gasteiger partial charge in [0.05, 0.1) is 23.4 Å². The second-order valence-corrected chi connectivity index (χ2v) is 7.91. The maximum atomic E-state index is 13.0. The minimum atomic E-state index is -0.218. The normalized spacial score (nSPS) is 18.5. The lowest BCUT2D eigenvalue weighted by Crippen LogP contribution is -2.26. The van der Waals surface area contributed by atoms with Crippen LogP contribution in [0.2, 0.25) is 0 Å². The van der Waals surface area contributed by atoms with E-state index < -0.39 is 0 Å². The number of rotatable bonds is 1. The number of hydrogen-bond donors (Lipinski definition) is 1. The number of nitrogens with one attached hydrogen (secondary N) is 1. The van der Waals surface area contributed by atoms with Crippen LogP contribution in [0.1, 0.15) is 41.3 Å². The molecule has 0 radical (unpaired) electrons. The van der Waals surface area contributed by atoms with Gasteiger partial charge in [0.15, 0.2) is 0 Å². The van der Waals surface area contributed by atoms with Gasteiger partial charge in [-0.05, 0) is 36.1 Å². The molecule has 0 bridgehead atoms. The molecule has 1 aromatic carbocycles. The summed E-state index contributed by atoms with van der Waals surface area (Å²) in [7, 11) is 0. The van der Waals surface area contributed by atoms with Gasteiger partial charge in [0.1, 0.15) is 5.65 Å². The smallest absolute Gasteiger partial charge is 0.251 e. The third-order valence-electron chi connectivity index (χ3n) is 6.26. The predicted molar refractivity (Wildman–Crippen MR) is 110 cm³/mol. The van der Waals surface area contributed by atoms with E-state index in [2.05, 4.69) is 27.9 Å². The summed E-state index contributed by atoms with van der Waals surface area (Å²) in [4.78, 5) is 30.3. The standard InChI is InChI=1S/C23H20N4O2/c28-20-11-17(23-18(13-24-20)25-19-8-1-2-9-26(19)23)16-12-21(29)27-10-4-6-14-5-3-7-15(16)22(14)27/h1-3,5,7-9,12,17H,4,6,10-11,13H2,(H,24,28). The summed E-state index contributed by atoms with van der Waals surface area (Å²) in [6.45, 7) is 1.16. The molecule has 6 nitrogen and oxygen atoms in total. The molecule has 3 aromatic heterocycles. The van der Waals surface area contributed by atoms with Crippen molar-refractivity contribution in [1.29, 1.82) is 0 Å². The topological polar surface area (TPSA) is 68.4 Å². The van der Waals surface area contributed by atoms with Gasteiger partial charge >= 0.3 is 0 Å². The fourth-order valence-corrected chi connectivity index (χ4v) is 5.04. The predicted octanol–water partition coefficient (Wildman–Crippen LogP) is 2.75. The van der Waals surface area contributed by atoms with Crippen molar-refractivity contribution in [2.45, 2.75) is 38.3 Å². The van der Waals surface area contributed by atoms with E-state index in [0.717, 1.165) is 52.9 Å². The van der Waals surface area contributed by atoms with Crippen LogP contribution in [0.3, 0.4) is 0 Å². The maximum absolute atomic E-state index is 13.0. The van der Waals surface area contributed by atoms with Gasteiger partial charge in [0.25, 0.3) is 5.56 Å². The minimum Gasteiger partial charge on any atom is -0.350 e. The number of para-hydroxylation sites is 1. The molecule has 1 atom stereocenters. The van der Waals surface area contributed by atoms with E-state index in [0.29, 0.717) is 13.0 Å². The molecule has 1 N–H and O–H groups in total. The summed E-state index contributed by atoms with van der Waals surface area (Å²) in [6, 6.07) is 13.9. The highest BCUT2D eigenvalue weighted by Crippen LogP contribution is 2.37. The number of fused-ring (bicyclic) bond motifs is 3. The number of nitrogens with zero attached hydrogens (tertiary/aromatic N) is 3. The van der Waals surface area contributed by atoms with E-state index in [9.17, 15) is 9.59 Å². The molecule has 0 fully saturated rings. The fraction of sp³-hybridized carbons (Fsp3) is 0.261. The Morgan fingerprint density at radius 2 is 2.03 bits per heavy atom. The zero-order chi connectivity index (χ0) is 19.5. The van der Waals surface area contributed by atoms with Crippen LogP contribution in [0.15, 0.2) is 53.5 Å². The van der Waals surface area contributed by atoms with Crippen LogP contribution < -0.4 is 10.9 Å². The van der Waals surface area contributed by atoms with E-state index in [4.69, 9.17) is 4.98 Å². The van der Waals surface area contributed by atoms with Crippen molar-refractivity contribution in [3.8, 4) is 0 Å². The highest BCUT2D eigenvalue weighted by atomic mass is 16.1. The van der Waals surface area contributed by atoms with Crippen LogP contribution in [-0.4, -0.2) is 19.9 Å². The van der Waals surface area contributed by atoms with Crippen molar-refractivity contribution in [3.05, 3.63) is 81.5 Å². The van der Waals surface area contributed by atoms with Gasteiger partial charge < -0.3 is 14.3 Å². The van der Waals surface area contributed by atoms with Gasteiger partial charge in [-0.1, -0.05) is 24.3 Å². The number of carbonyl (C=O) groups excluding carboxylic acids is 1. The van der Waals surface area contributed by atoms with E-state index in [1.54, 1.807) is 6.07 Å². The molecule has 0 spiro atoms. The Kier molecular flexibility index (Phi) is 3.45. The molecular weight excluding hydrogens is 364 g/mol. The average Bonchev–Trinajstić information content (AvgIpc) is 3.03. The van der Waals surface area contributed by atoms with Crippen molar-refractivity contribution in [1.82, 2.24) is 19.3 Å². The van der Waals surface area contributed by atoms with Crippen molar-refractivity contribution < 1.29 is 4.79 Å². The molecule has 1 amide bonds. The van der Waals surface area contributed by atoms with E-state index in [-0.39, 0.29) is 17.4 Å². The van der Waals surface area contributed by atoms with Crippen molar-refractivity contribution >= 4 is 22.5 Å². The minimum absolute atomic E-state index is 0.0136. The first-order valence-corrected chi connectivity index (χ1v) is 10.1. The van der Waals surface area contributed by atoms with E-state index in [1.807, 2.05) is 29.0 Å². The van der Waals surface area contributed by atoms with Crippen molar-refractivity contribution in [2.24, 2.45) is 0 Å². The number of imidazole rings is 1. The summed E-state index contributed by atoms with van der Waals surface area (Å²) in [6.07, 6.45) is 4.25. The zero-order valence-corrected chi connectivity index (χ0v) is 15.9. The van der Waals surface area contributed by atoms with Crippen LogP contribution in [0.25, 0.3) is 16.6 Å². The molecule has 0 saturated carbocycles. The van der Waals surface area contributed by atoms with E-state index >= 15 is 0 Å². The lowest BCUT2D eigenvalue weighted by Gasteiger charge is -2.24. The van der Waals surface area contributed by atoms with Crippen molar-refractivity contribution in [3.63, 3.8) is 0 Å². The SMILES string of the molecule is O=C1CC(c2cc(=O)n3c4c(cccc24)CCC3)c2c(nc3ccccn23)CN1. The summed E-state index contributed by atoms with van der Waals surface area (Å²) in [5.41, 5.74) is 5.91. The highest BCUT2D eigenvalue weighted by molar-refractivity contribution is 5.88. The van der Waals surface area contributed by atoms with Crippen LogP contribution in [0.4, 0.5) is 0 Å². The van der Waals surface area contributed by atoms with Crippen molar-refractivity contribution in [2.75, 3.05) is 0 Å². The third-order valence-corrected chi connectivity index (χ3v) is 6.26. The lowest BCUT2D eigenvalue weighted by molar-refractivity contribution is -0.121. The Hall–Kier alpha value is -3.41. The molecule has 2 aliphatic rings. The average molecular weight is 384 g/mol. The first-order chi connectivity index (χ1) is 14.2. The van der Waals surface area contributed by atoms with Gasteiger partial charge in [0, 0.05) is 36.5 Å². The molecule has 0 saturated heterocycles. The van der Waals surface area contributed by atoms with Gasteiger partial charge in [-0.3, -0.25) is 9.59 Å². The molecule has 5 heterocycles. The van der Waals surface area contributed by atoms with Gasteiger partial charge in [0.2, 0.25) is 5.91 Å². The van der Waals surface area contributed by atoms with Crippen LogP contribution in [0, 0.1) is 0 Å². The largest absolute Gasteiger partial charge is 0.350 e. The summed E-state index contributed by atoms with van der Waals surface area (Å²) >= 11 is 0. The Labute approximate surface area is 166 Å². The Bertz CT molecular complexity index is 1360. The number of carbonyl (C=O) groups is 1. The fourth-order valence-electron chi connectivity index (χ4n) is 5.04. The Morgan fingerprint density at radius 3 is 2.97 bits per heavy atom. The number of aromatic nitrogens is 3. The van der Waals surface area contributed by atoms with Crippen LogP contribution in [0.5, 0.6) is 0 Å². The zero-order valence-electron chi connectivity index (χ0n) is 15.9. The quantitative estimate of drug-likeness (QED) is 0.549. The van der Waals surface area contributed by atoms with Gasteiger partial charge in [-0.25, -0.2) is 4.98 Å². The summed E-state index contributed by atoms with van der Waals surface area (Å²) < 4.78 is 3.96.